The Morgan fingerprint density at radius 3 is 2.88 bits per heavy atom. The summed E-state index contributed by atoms with van der Waals surface area (Å²) in [7, 11) is 0. The molecule has 0 atom stereocenters. The van der Waals surface area contributed by atoms with Crippen LogP contribution in [0.2, 0.25) is 5.02 Å². The number of carbonyl (C=O) groups excluding carboxylic acids is 1. The van der Waals surface area contributed by atoms with E-state index in [-0.39, 0.29) is 12.1 Å². The average molecular weight is 255 g/mol. The molecule has 0 radical (unpaired) electrons. The summed E-state index contributed by atoms with van der Waals surface area (Å²) in [6, 6.07) is 6.75. The Bertz CT molecular complexity index is 405. The first kappa shape index (κ1) is 12.2. The maximum absolute atomic E-state index is 11.5. The zero-order valence-corrected chi connectivity index (χ0v) is 10.1. The predicted molar refractivity (Wildman–Crippen MR) is 67.2 cm³/mol. The van der Waals surface area contributed by atoms with Crippen molar-refractivity contribution in [3.63, 3.8) is 0 Å². The fourth-order valence-corrected chi connectivity index (χ4v) is 2.04. The molecule has 0 spiro atoms. The Hall–Kier alpha value is -1.26. The molecule has 4 nitrogen and oxygen atoms in total. The molecule has 1 fully saturated rings. The number of benzene rings is 1. The van der Waals surface area contributed by atoms with Crippen LogP contribution in [0.4, 0.5) is 10.5 Å². The Labute approximate surface area is 105 Å². The molecule has 0 aromatic heterocycles. The molecule has 1 aromatic carbocycles. The molecular weight excluding hydrogens is 240 g/mol. The maximum atomic E-state index is 11.5. The quantitative estimate of drug-likeness (QED) is 0.775. The molecule has 0 bridgehead atoms. The molecule has 0 heterocycles. The van der Waals surface area contributed by atoms with Crippen LogP contribution in [0.15, 0.2) is 24.3 Å². The van der Waals surface area contributed by atoms with E-state index in [4.69, 9.17) is 16.7 Å². The van der Waals surface area contributed by atoms with Gasteiger partial charge in [-0.3, -0.25) is 0 Å². The van der Waals surface area contributed by atoms with Gasteiger partial charge in [0.25, 0.3) is 0 Å². The van der Waals surface area contributed by atoms with E-state index in [0.29, 0.717) is 23.2 Å². The molecule has 1 saturated carbocycles. The number of amides is 2. The van der Waals surface area contributed by atoms with E-state index in [1.165, 1.54) is 0 Å². The summed E-state index contributed by atoms with van der Waals surface area (Å²) in [5.74, 6) is 0.398. The standard InChI is InChI=1S/C12H15ClN2O2/c13-9-2-1-3-10(6-9)15-12(17)14-7-8-4-11(16)5-8/h1-3,6,8,11,16H,4-5,7H2,(H2,14,15,17). The van der Waals surface area contributed by atoms with Gasteiger partial charge in [-0.2, -0.15) is 0 Å². The highest BCUT2D eigenvalue weighted by Gasteiger charge is 2.27. The Kier molecular flexibility index (Phi) is 3.86. The minimum Gasteiger partial charge on any atom is -0.393 e. The largest absolute Gasteiger partial charge is 0.393 e. The number of nitrogens with one attached hydrogen (secondary N) is 2. The summed E-state index contributed by atoms with van der Waals surface area (Å²) in [6.07, 6.45) is 1.37. The number of hydrogen-bond acceptors (Lipinski definition) is 2. The fourth-order valence-electron chi connectivity index (χ4n) is 1.85. The van der Waals surface area contributed by atoms with Gasteiger partial charge < -0.3 is 15.7 Å². The first-order valence-corrected chi connectivity index (χ1v) is 6.00. The smallest absolute Gasteiger partial charge is 0.319 e. The van der Waals surface area contributed by atoms with Crippen molar-refractivity contribution in [2.24, 2.45) is 5.92 Å². The molecule has 0 unspecified atom stereocenters. The first-order valence-electron chi connectivity index (χ1n) is 5.62. The molecule has 3 N–H and O–H groups in total. The maximum Gasteiger partial charge on any atom is 0.319 e. The van der Waals surface area contributed by atoms with Gasteiger partial charge in [-0.15, -0.1) is 0 Å². The average Bonchev–Trinajstić information content (AvgIpc) is 2.23. The van der Waals surface area contributed by atoms with Crippen LogP contribution in [-0.2, 0) is 0 Å². The summed E-state index contributed by atoms with van der Waals surface area (Å²) in [5.41, 5.74) is 0.670. The van der Waals surface area contributed by atoms with E-state index in [0.717, 1.165) is 12.8 Å². The highest BCUT2D eigenvalue weighted by molar-refractivity contribution is 6.30. The van der Waals surface area contributed by atoms with Crippen molar-refractivity contribution in [2.45, 2.75) is 18.9 Å². The normalized spacial score (nSPS) is 22.7. The van der Waals surface area contributed by atoms with Crippen LogP contribution in [0.1, 0.15) is 12.8 Å². The van der Waals surface area contributed by atoms with Gasteiger partial charge in [0.1, 0.15) is 0 Å². The van der Waals surface area contributed by atoms with Crippen molar-refractivity contribution in [3.05, 3.63) is 29.3 Å². The lowest BCUT2D eigenvalue weighted by atomic mass is 9.82. The topological polar surface area (TPSA) is 61.4 Å². The lowest BCUT2D eigenvalue weighted by Gasteiger charge is -2.31. The van der Waals surface area contributed by atoms with Crippen molar-refractivity contribution < 1.29 is 9.90 Å². The van der Waals surface area contributed by atoms with Crippen molar-refractivity contribution in [1.82, 2.24) is 5.32 Å². The Morgan fingerprint density at radius 1 is 1.47 bits per heavy atom. The van der Waals surface area contributed by atoms with Gasteiger partial charge in [-0.05, 0) is 37.0 Å². The Morgan fingerprint density at radius 2 is 2.24 bits per heavy atom. The second-order valence-electron chi connectivity index (χ2n) is 4.34. The van der Waals surface area contributed by atoms with E-state index in [1.807, 2.05) is 0 Å². The van der Waals surface area contributed by atoms with Gasteiger partial charge in [0.05, 0.1) is 6.10 Å². The number of rotatable bonds is 3. The van der Waals surface area contributed by atoms with E-state index >= 15 is 0 Å². The number of hydrogen-bond donors (Lipinski definition) is 3. The number of aliphatic hydroxyl groups is 1. The number of aliphatic hydroxyl groups excluding tert-OH is 1. The third-order valence-electron chi connectivity index (χ3n) is 2.84. The summed E-state index contributed by atoms with van der Waals surface area (Å²) < 4.78 is 0. The van der Waals surface area contributed by atoms with E-state index in [9.17, 15) is 4.79 Å². The summed E-state index contributed by atoms with van der Waals surface area (Å²) in [6.45, 7) is 0.601. The lowest BCUT2D eigenvalue weighted by molar-refractivity contribution is 0.0443. The summed E-state index contributed by atoms with van der Waals surface area (Å²) in [5, 5.41) is 15.2. The van der Waals surface area contributed by atoms with Crippen molar-refractivity contribution in [2.75, 3.05) is 11.9 Å². The minimum absolute atomic E-state index is 0.183. The van der Waals surface area contributed by atoms with E-state index < -0.39 is 0 Å². The molecule has 2 rings (SSSR count). The zero-order chi connectivity index (χ0) is 12.3. The van der Waals surface area contributed by atoms with Crippen LogP contribution in [0.3, 0.4) is 0 Å². The SMILES string of the molecule is O=C(NCC1CC(O)C1)Nc1cccc(Cl)c1. The highest BCUT2D eigenvalue weighted by Crippen LogP contribution is 2.26. The van der Waals surface area contributed by atoms with Gasteiger partial charge in [-0.1, -0.05) is 17.7 Å². The molecule has 0 aliphatic heterocycles. The lowest BCUT2D eigenvalue weighted by Crippen LogP contribution is -2.39. The molecular formula is C12H15ClN2O2. The van der Waals surface area contributed by atoms with Crippen LogP contribution < -0.4 is 10.6 Å². The highest BCUT2D eigenvalue weighted by atomic mass is 35.5. The van der Waals surface area contributed by atoms with Gasteiger partial charge in [0.15, 0.2) is 0 Å². The van der Waals surface area contributed by atoms with Crippen LogP contribution >= 0.6 is 11.6 Å². The Balaban J connectivity index is 1.73. The minimum atomic E-state index is -0.242. The van der Waals surface area contributed by atoms with Crippen LogP contribution in [0, 0.1) is 5.92 Å². The molecule has 0 saturated heterocycles. The zero-order valence-electron chi connectivity index (χ0n) is 9.32. The van der Waals surface area contributed by atoms with Gasteiger partial charge in [0, 0.05) is 17.3 Å². The molecule has 17 heavy (non-hydrogen) atoms. The molecule has 1 aliphatic rings. The number of anilines is 1. The van der Waals surface area contributed by atoms with Crippen molar-refractivity contribution >= 4 is 23.3 Å². The van der Waals surface area contributed by atoms with Crippen molar-refractivity contribution in [3.8, 4) is 0 Å². The monoisotopic (exact) mass is 254 g/mol. The fraction of sp³-hybridized carbons (Fsp3) is 0.417. The summed E-state index contributed by atoms with van der Waals surface area (Å²) >= 11 is 5.80. The number of carbonyl (C=O) groups is 1. The third-order valence-corrected chi connectivity index (χ3v) is 3.08. The van der Waals surface area contributed by atoms with Gasteiger partial charge in [0.2, 0.25) is 0 Å². The summed E-state index contributed by atoms with van der Waals surface area (Å²) in [4.78, 5) is 11.5. The molecule has 2 amide bonds. The van der Waals surface area contributed by atoms with Gasteiger partial charge in [-0.25, -0.2) is 4.79 Å². The van der Waals surface area contributed by atoms with Crippen molar-refractivity contribution in [1.29, 1.82) is 0 Å². The van der Waals surface area contributed by atoms with E-state index in [1.54, 1.807) is 24.3 Å². The second-order valence-corrected chi connectivity index (χ2v) is 4.77. The third kappa shape index (κ3) is 3.61. The van der Waals surface area contributed by atoms with Crippen LogP contribution in [0.25, 0.3) is 0 Å². The van der Waals surface area contributed by atoms with Crippen LogP contribution in [-0.4, -0.2) is 23.8 Å². The van der Waals surface area contributed by atoms with Gasteiger partial charge >= 0.3 is 6.03 Å². The molecule has 1 aliphatic carbocycles. The number of halogens is 1. The molecule has 1 aromatic rings. The second kappa shape index (κ2) is 5.38. The first-order chi connectivity index (χ1) is 8.13. The molecule has 92 valence electrons. The number of urea groups is 1. The molecule has 5 heteroatoms. The predicted octanol–water partition coefficient (Wildman–Crippen LogP) is 2.23. The van der Waals surface area contributed by atoms with E-state index in [2.05, 4.69) is 10.6 Å². The van der Waals surface area contributed by atoms with Crippen LogP contribution in [0.5, 0.6) is 0 Å².